The number of piperidine rings is 1. The maximum Gasteiger partial charge on any atom is 0.274 e. The van der Waals surface area contributed by atoms with Gasteiger partial charge >= 0.3 is 0 Å². The van der Waals surface area contributed by atoms with E-state index >= 15 is 0 Å². The molecule has 1 amide bonds. The molecular weight excluding hydrogens is 392 g/mol. The Bertz CT molecular complexity index is 1200. The van der Waals surface area contributed by atoms with Gasteiger partial charge in [-0.25, -0.2) is 18.2 Å². The minimum absolute atomic E-state index is 0.198. The molecule has 3 aromatic rings. The number of hydrogen-bond donors (Lipinski definition) is 2. The van der Waals surface area contributed by atoms with Crippen LogP contribution in [0.4, 0.5) is 0 Å². The van der Waals surface area contributed by atoms with E-state index in [1.54, 1.807) is 59.5 Å². The number of H-pyrrole nitrogens is 1. The molecule has 150 valence electrons. The number of fused-ring (bicyclic) bond motifs is 1. The molecular formula is C20H20N4O4S. The van der Waals surface area contributed by atoms with E-state index in [-0.39, 0.29) is 28.1 Å². The van der Waals surface area contributed by atoms with Gasteiger partial charge in [0, 0.05) is 24.5 Å². The Labute approximate surface area is 167 Å². The first-order valence-electron chi connectivity index (χ1n) is 9.30. The van der Waals surface area contributed by atoms with Crippen LogP contribution in [0, 0.1) is 0 Å². The number of amides is 1. The van der Waals surface area contributed by atoms with Gasteiger partial charge in [0.25, 0.3) is 11.5 Å². The van der Waals surface area contributed by atoms with E-state index < -0.39 is 10.0 Å². The van der Waals surface area contributed by atoms with E-state index in [0.29, 0.717) is 36.7 Å². The highest BCUT2D eigenvalue weighted by atomic mass is 32.2. The molecule has 2 aromatic carbocycles. The Kier molecular flexibility index (Phi) is 5.16. The zero-order chi connectivity index (χ0) is 20.4. The summed E-state index contributed by atoms with van der Waals surface area (Å²) < 4.78 is 27.7. The Morgan fingerprint density at radius 3 is 2.31 bits per heavy atom. The number of carbonyl (C=O) groups excluding carboxylic acids is 1. The Morgan fingerprint density at radius 1 is 1.00 bits per heavy atom. The molecule has 29 heavy (non-hydrogen) atoms. The highest BCUT2D eigenvalue weighted by molar-refractivity contribution is 7.89. The van der Waals surface area contributed by atoms with E-state index in [0.717, 1.165) is 0 Å². The van der Waals surface area contributed by atoms with Gasteiger partial charge in [0.1, 0.15) is 0 Å². The number of nitrogens with zero attached hydrogens (tertiary/aromatic N) is 2. The number of likely N-dealkylation sites (tertiary alicyclic amines) is 1. The summed E-state index contributed by atoms with van der Waals surface area (Å²) in [5.74, 6) is -0.276. The zero-order valence-corrected chi connectivity index (χ0v) is 16.4. The van der Waals surface area contributed by atoms with Gasteiger partial charge in [0.05, 0.1) is 10.3 Å². The average Bonchev–Trinajstić information content (AvgIpc) is 2.75. The number of benzene rings is 2. The fourth-order valence-electron chi connectivity index (χ4n) is 3.52. The van der Waals surface area contributed by atoms with Crippen molar-refractivity contribution in [2.24, 2.45) is 0 Å². The molecule has 9 heteroatoms. The smallest absolute Gasteiger partial charge is 0.274 e. The minimum Gasteiger partial charge on any atom is -0.337 e. The van der Waals surface area contributed by atoms with Crippen molar-refractivity contribution in [3.8, 4) is 0 Å². The molecule has 0 radical (unpaired) electrons. The molecule has 2 heterocycles. The summed E-state index contributed by atoms with van der Waals surface area (Å²) in [4.78, 5) is 26.7. The molecule has 0 atom stereocenters. The van der Waals surface area contributed by atoms with E-state index in [1.807, 2.05) is 0 Å². The molecule has 1 aliphatic rings. The highest BCUT2D eigenvalue weighted by Crippen LogP contribution is 2.19. The van der Waals surface area contributed by atoms with Gasteiger partial charge in [-0.05, 0) is 31.0 Å². The molecule has 0 aliphatic carbocycles. The van der Waals surface area contributed by atoms with Crippen LogP contribution in [-0.4, -0.2) is 48.6 Å². The first kappa shape index (κ1) is 19.3. The van der Waals surface area contributed by atoms with E-state index in [9.17, 15) is 18.0 Å². The SMILES string of the molecule is O=C(c1n[nH]c(=O)c2ccccc12)N1CCC(NS(=O)(=O)c2ccccc2)CC1. The third-order valence-electron chi connectivity index (χ3n) is 5.06. The lowest BCUT2D eigenvalue weighted by atomic mass is 10.0. The second kappa shape index (κ2) is 7.76. The van der Waals surface area contributed by atoms with Crippen molar-refractivity contribution in [3.05, 3.63) is 70.6 Å². The summed E-state index contributed by atoms with van der Waals surface area (Å²) in [5.41, 5.74) is -0.144. The predicted octanol–water partition coefficient (Wildman–Crippen LogP) is 1.51. The Balaban J connectivity index is 1.46. The first-order chi connectivity index (χ1) is 14.0. The fraction of sp³-hybridized carbons (Fsp3) is 0.250. The van der Waals surface area contributed by atoms with Crippen LogP contribution >= 0.6 is 0 Å². The maximum atomic E-state index is 12.9. The molecule has 0 unspecified atom stereocenters. The third kappa shape index (κ3) is 3.92. The number of carbonyl (C=O) groups is 1. The number of aromatic nitrogens is 2. The summed E-state index contributed by atoms with van der Waals surface area (Å²) in [5, 5.41) is 7.26. The van der Waals surface area contributed by atoms with E-state index in [2.05, 4.69) is 14.9 Å². The highest BCUT2D eigenvalue weighted by Gasteiger charge is 2.28. The molecule has 4 rings (SSSR count). The van der Waals surface area contributed by atoms with Crippen LogP contribution in [0.2, 0.25) is 0 Å². The largest absolute Gasteiger partial charge is 0.337 e. The summed E-state index contributed by atoms with van der Waals surface area (Å²) >= 11 is 0. The summed E-state index contributed by atoms with van der Waals surface area (Å²) in [6, 6.07) is 14.8. The lowest BCUT2D eigenvalue weighted by molar-refractivity contribution is 0.0706. The molecule has 1 fully saturated rings. The molecule has 0 spiro atoms. The van der Waals surface area contributed by atoms with Crippen molar-refractivity contribution < 1.29 is 13.2 Å². The minimum atomic E-state index is -3.59. The maximum absolute atomic E-state index is 12.9. The standard InChI is InChI=1S/C20H20N4O4S/c25-19-17-9-5-4-8-16(17)18(21-22-19)20(26)24-12-10-14(11-13-24)23-29(27,28)15-6-2-1-3-7-15/h1-9,14,23H,10-13H2,(H,22,25). The van der Waals surface area contributed by atoms with Crippen molar-refractivity contribution >= 4 is 26.7 Å². The molecule has 0 bridgehead atoms. The number of nitrogens with one attached hydrogen (secondary N) is 2. The Hall–Kier alpha value is -3.04. The summed E-state index contributed by atoms with van der Waals surface area (Å²) in [7, 11) is -3.59. The predicted molar refractivity (Wildman–Crippen MR) is 108 cm³/mol. The van der Waals surface area contributed by atoms with Crippen LogP contribution in [0.3, 0.4) is 0 Å². The number of sulfonamides is 1. The molecule has 1 aromatic heterocycles. The van der Waals surface area contributed by atoms with Crippen LogP contribution < -0.4 is 10.3 Å². The quantitative estimate of drug-likeness (QED) is 0.675. The van der Waals surface area contributed by atoms with Crippen molar-refractivity contribution in [3.63, 3.8) is 0 Å². The van der Waals surface area contributed by atoms with Crippen molar-refractivity contribution in [2.45, 2.75) is 23.8 Å². The van der Waals surface area contributed by atoms with Crippen molar-refractivity contribution in [1.82, 2.24) is 19.8 Å². The Morgan fingerprint density at radius 2 is 1.62 bits per heavy atom. The molecule has 8 nitrogen and oxygen atoms in total. The van der Waals surface area contributed by atoms with Gasteiger partial charge in [-0.15, -0.1) is 0 Å². The summed E-state index contributed by atoms with van der Waals surface area (Å²) in [6.45, 7) is 0.798. The molecule has 1 saturated heterocycles. The normalized spacial score (nSPS) is 15.5. The van der Waals surface area contributed by atoms with Gasteiger partial charge in [0.15, 0.2) is 5.69 Å². The van der Waals surface area contributed by atoms with Crippen LogP contribution in [0.5, 0.6) is 0 Å². The van der Waals surface area contributed by atoms with Crippen LogP contribution in [0.1, 0.15) is 23.3 Å². The first-order valence-corrected chi connectivity index (χ1v) is 10.8. The third-order valence-corrected chi connectivity index (χ3v) is 6.59. The van der Waals surface area contributed by atoms with Gasteiger partial charge in [0.2, 0.25) is 10.0 Å². The number of aromatic amines is 1. The summed E-state index contributed by atoms with van der Waals surface area (Å²) in [6.07, 6.45) is 0.998. The molecule has 1 aliphatic heterocycles. The van der Waals surface area contributed by atoms with Gasteiger partial charge in [-0.3, -0.25) is 9.59 Å². The van der Waals surface area contributed by atoms with Gasteiger partial charge in [-0.2, -0.15) is 5.10 Å². The average molecular weight is 412 g/mol. The number of rotatable bonds is 4. The van der Waals surface area contributed by atoms with E-state index in [1.165, 1.54) is 0 Å². The monoisotopic (exact) mass is 412 g/mol. The molecule has 0 saturated carbocycles. The molecule has 2 N–H and O–H groups in total. The fourth-order valence-corrected chi connectivity index (χ4v) is 4.84. The van der Waals surface area contributed by atoms with E-state index in [4.69, 9.17) is 0 Å². The van der Waals surface area contributed by atoms with Gasteiger partial charge < -0.3 is 4.90 Å². The van der Waals surface area contributed by atoms with Crippen LogP contribution in [0.15, 0.2) is 64.3 Å². The van der Waals surface area contributed by atoms with Crippen LogP contribution in [-0.2, 0) is 10.0 Å². The second-order valence-electron chi connectivity index (χ2n) is 6.95. The second-order valence-corrected chi connectivity index (χ2v) is 8.66. The van der Waals surface area contributed by atoms with Crippen molar-refractivity contribution in [1.29, 1.82) is 0 Å². The lowest BCUT2D eigenvalue weighted by Gasteiger charge is -2.32. The van der Waals surface area contributed by atoms with Crippen LogP contribution in [0.25, 0.3) is 10.8 Å². The van der Waals surface area contributed by atoms with Gasteiger partial charge in [-0.1, -0.05) is 36.4 Å². The lowest BCUT2D eigenvalue weighted by Crippen LogP contribution is -2.46. The topological polar surface area (TPSA) is 112 Å². The number of hydrogen-bond acceptors (Lipinski definition) is 5. The van der Waals surface area contributed by atoms with Crippen molar-refractivity contribution in [2.75, 3.05) is 13.1 Å². The zero-order valence-electron chi connectivity index (χ0n) is 15.5.